The topological polar surface area (TPSA) is 76.1 Å². The number of amides is 1. The summed E-state index contributed by atoms with van der Waals surface area (Å²) in [7, 11) is 0. The predicted molar refractivity (Wildman–Crippen MR) is 79.0 cm³/mol. The van der Waals surface area contributed by atoms with Crippen molar-refractivity contribution in [2.45, 2.75) is 20.0 Å². The number of esters is 1. The first kappa shape index (κ1) is 16.3. The molecule has 1 N–H and O–H groups in total. The summed E-state index contributed by atoms with van der Waals surface area (Å²) in [6.45, 7) is 2.29. The third-order valence-corrected chi connectivity index (χ3v) is 3.83. The van der Waals surface area contributed by atoms with Gasteiger partial charge in [0.2, 0.25) is 0 Å². The maximum atomic E-state index is 12.1. The van der Waals surface area contributed by atoms with Gasteiger partial charge >= 0.3 is 12.1 Å². The maximum absolute atomic E-state index is 12.1. The second-order valence-electron chi connectivity index (χ2n) is 5.37. The van der Waals surface area contributed by atoms with E-state index in [9.17, 15) is 14.7 Å². The Hall–Kier alpha value is -2.08. The van der Waals surface area contributed by atoms with E-state index < -0.39 is 17.5 Å². The quantitative estimate of drug-likeness (QED) is 0.836. The highest BCUT2D eigenvalue weighted by Gasteiger charge is 2.47. The molecule has 6 nitrogen and oxygen atoms in total. The Balaban J connectivity index is 1.91. The molecule has 0 radical (unpaired) electrons. The lowest BCUT2D eigenvalue weighted by Gasteiger charge is -2.24. The first-order valence-electron chi connectivity index (χ1n) is 7.35. The molecular formula is C16H21NO5. The number of hydrogen-bond acceptors (Lipinski definition) is 5. The van der Waals surface area contributed by atoms with Gasteiger partial charge in [0.1, 0.15) is 12.0 Å². The van der Waals surface area contributed by atoms with E-state index in [2.05, 4.69) is 0 Å². The molecule has 22 heavy (non-hydrogen) atoms. The molecule has 0 aliphatic carbocycles. The third-order valence-electron chi connectivity index (χ3n) is 3.83. The largest absolute Gasteiger partial charge is 0.465 e. The van der Waals surface area contributed by atoms with Gasteiger partial charge < -0.3 is 19.5 Å². The first-order valence-corrected chi connectivity index (χ1v) is 7.35. The molecule has 1 aliphatic heterocycles. The summed E-state index contributed by atoms with van der Waals surface area (Å²) in [5.74, 6) is -0.462. The number of nitrogens with zero attached hydrogens (tertiary/aromatic N) is 1. The Labute approximate surface area is 129 Å². The summed E-state index contributed by atoms with van der Waals surface area (Å²) >= 11 is 0. The van der Waals surface area contributed by atoms with Gasteiger partial charge in [-0.25, -0.2) is 4.79 Å². The van der Waals surface area contributed by atoms with Crippen LogP contribution in [0.5, 0.6) is 0 Å². The maximum Gasteiger partial charge on any atom is 0.410 e. The van der Waals surface area contributed by atoms with Crippen LogP contribution in [0.1, 0.15) is 18.9 Å². The number of likely N-dealkylation sites (tertiary alicyclic amines) is 1. The van der Waals surface area contributed by atoms with Crippen LogP contribution in [0.3, 0.4) is 0 Å². The predicted octanol–water partition coefficient (Wildman–Crippen LogP) is 1.57. The molecule has 1 aromatic carbocycles. The number of ether oxygens (including phenoxy) is 2. The van der Waals surface area contributed by atoms with Gasteiger partial charge in [-0.1, -0.05) is 30.3 Å². The van der Waals surface area contributed by atoms with E-state index in [4.69, 9.17) is 9.47 Å². The number of rotatable bonds is 5. The van der Waals surface area contributed by atoms with Crippen LogP contribution in [0, 0.1) is 5.41 Å². The normalized spacial score (nSPS) is 20.7. The Bertz CT molecular complexity index is 519. The highest BCUT2D eigenvalue weighted by Crippen LogP contribution is 2.32. The fourth-order valence-corrected chi connectivity index (χ4v) is 2.48. The van der Waals surface area contributed by atoms with Crippen LogP contribution in [0.2, 0.25) is 0 Å². The lowest BCUT2D eigenvalue weighted by atomic mass is 9.88. The van der Waals surface area contributed by atoms with Crippen LogP contribution in [-0.4, -0.2) is 48.4 Å². The zero-order valence-corrected chi connectivity index (χ0v) is 12.7. The Morgan fingerprint density at radius 3 is 2.64 bits per heavy atom. The van der Waals surface area contributed by atoms with Gasteiger partial charge in [0.15, 0.2) is 0 Å². The van der Waals surface area contributed by atoms with Crippen LogP contribution < -0.4 is 0 Å². The van der Waals surface area contributed by atoms with Crippen molar-refractivity contribution >= 4 is 12.1 Å². The van der Waals surface area contributed by atoms with Crippen molar-refractivity contribution in [1.29, 1.82) is 0 Å². The number of benzene rings is 1. The number of hydrogen-bond donors (Lipinski definition) is 1. The van der Waals surface area contributed by atoms with Crippen molar-refractivity contribution in [3.05, 3.63) is 35.9 Å². The van der Waals surface area contributed by atoms with Crippen molar-refractivity contribution in [3.63, 3.8) is 0 Å². The smallest absolute Gasteiger partial charge is 0.410 e. The van der Waals surface area contributed by atoms with Crippen LogP contribution in [-0.2, 0) is 20.9 Å². The van der Waals surface area contributed by atoms with Gasteiger partial charge in [-0.15, -0.1) is 0 Å². The SMILES string of the molecule is CCOC(=O)[C@@]1(CO)CCN(C(=O)OCc2ccccc2)C1. The van der Waals surface area contributed by atoms with Crippen molar-refractivity contribution in [2.75, 3.05) is 26.3 Å². The summed E-state index contributed by atoms with van der Waals surface area (Å²) in [6, 6.07) is 9.37. The molecule has 2 rings (SSSR count). The Morgan fingerprint density at radius 2 is 2.00 bits per heavy atom. The van der Waals surface area contributed by atoms with Gasteiger partial charge in [0.05, 0.1) is 13.2 Å². The van der Waals surface area contributed by atoms with Crippen molar-refractivity contribution in [2.24, 2.45) is 5.41 Å². The van der Waals surface area contributed by atoms with Gasteiger partial charge in [0.25, 0.3) is 0 Å². The van der Waals surface area contributed by atoms with Crippen LogP contribution in [0.15, 0.2) is 30.3 Å². The monoisotopic (exact) mass is 307 g/mol. The summed E-state index contributed by atoms with van der Waals surface area (Å²) in [6.07, 6.45) is -0.105. The minimum absolute atomic E-state index is 0.121. The van der Waals surface area contributed by atoms with Gasteiger partial charge in [-0.2, -0.15) is 0 Å². The molecule has 0 spiro atoms. The number of carbonyl (C=O) groups excluding carboxylic acids is 2. The Morgan fingerprint density at radius 1 is 1.27 bits per heavy atom. The Kier molecular flexibility index (Phi) is 5.38. The minimum atomic E-state index is -1.03. The molecule has 1 atom stereocenters. The zero-order valence-electron chi connectivity index (χ0n) is 12.7. The fraction of sp³-hybridized carbons (Fsp3) is 0.500. The first-order chi connectivity index (χ1) is 10.6. The molecule has 1 heterocycles. The number of carbonyl (C=O) groups is 2. The molecule has 0 bridgehead atoms. The highest BCUT2D eigenvalue weighted by molar-refractivity contribution is 5.79. The molecule has 120 valence electrons. The molecule has 1 fully saturated rings. The van der Waals surface area contributed by atoms with E-state index in [0.29, 0.717) is 13.0 Å². The number of aliphatic hydroxyl groups is 1. The molecular weight excluding hydrogens is 286 g/mol. The molecule has 1 amide bonds. The molecule has 0 aromatic heterocycles. The molecule has 1 aromatic rings. The van der Waals surface area contributed by atoms with Crippen LogP contribution in [0.4, 0.5) is 4.79 Å². The van der Waals surface area contributed by atoms with Crippen LogP contribution >= 0.6 is 0 Å². The molecule has 0 unspecified atom stereocenters. The van der Waals surface area contributed by atoms with E-state index in [1.54, 1.807) is 6.92 Å². The van der Waals surface area contributed by atoms with Crippen molar-refractivity contribution in [3.8, 4) is 0 Å². The summed E-state index contributed by atoms with van der Waals surface area (Å²) in [5, 5.41) is 9.54. The molecule has 1 aliphatic rings. The second-order valence-corrected chi connectivity index (χ2v) is 5.37. The fourth-order valence-electron chi connectivity index (χ4n) is 2.48. The highest BCUT2D eigenvalue weighted by atomic mass is 16.6. The number of aliphatic hydroxyl groups excluding tert-OH is 1. The van der Waals surface area contributed by atoms with E-state index in [1.807, 2.05) is 30.3 Å². The van der Waals surface area contributed by atoms with E-state index >= 15 is 0 Å². The van der Waals surface area contributed by atoms with Crippen molar-refractivity contribution in [1.82, 2.24) is 4.90 Å². The lowest BCUT2D eigenvalue weighted by molar-refractivity contribution is -0.157. The van der Waals surface area contributed by atoms with Crippen molar-refractivity contribution < 1.29 is 24.2 Å². The summed E-state index contributed by atoms with van der Waals surface area (Å²) in [4.78, 5) is 25.5. The van der Waals surface area contributed by atoms with Gasteiger partial charge in [-0.05, 0) is 18.9 Å². The van der Waals surface area contributed by atoms with E-state index in [0.717, 1.165) is 5.56 Å². The average Bonchev–Trinajstić information content (AvgIpc) is 3.00. The van der Waals surface area contributed by atoms with E-state index in [1.165, 1.54) is 4.90 Å². The zero-order chi connectivity index (χ0) is 16.0. The minimum Gasteiger partial charge on any atom is -0.465 e. The standard InChI is InChI=1S/C16H21NO5/c1-2-21-14(19)16(12-18)8-9-17(11-16)15(20)22-10-13-6-4-3-5-7-13/h3-7,18H,2,8-12H2,1H3/t16-/m0/s1. The van der Waals surface area contributed by atoms with Gasteiger partial charge in [0, 0.05) is 13.1 Å². The average molecular weight is 307 g/mol. The summed E-state index contributed by atoms with van der Waals surface area (Å²) < 4.78 is 10.2. The second kappa shape index (κ2) is 7.26. The van der Waals surface area contributed by atoms with Crippen LogP contribution in [0.25, 0.3) is 0 Å². The molecule has 0 saturated carbocycles. The molecule has 6 heteroatoms. The lowest BCUT2D eigenvalue weighted by Crippen LogP contribution is -2.40. The van der Waals surface area contributed by atoms with Gasteiger partial charge in [-0.3, -0.25) is 4.79 Å². The molecule has 1 saturated heterocycles. The van der Waals surface area contributed by atoms with E-state index in [-0.39, 0.29) is 26.4 Å². The summed E-state index contributed by atoms with van der Waals surface area (Å²) in [5.41, 5.74) is -0.129. The third kappa shape index (κ3) is 3.57.